The molecule has 1 saturated heterocycles. The highest BCUT2D eigenvalue weighted by molar-refractivity contribution is 9.10. The quantitative estimate of drug-likeness (QED) is 0.875. The van der Waals surface area contributed by atoms with Gasteiger partial charge in [-0.1, -0.05) is 0 Å². The van der Waals surface area contributed by atoms with Crippen molar-refractivity contribution in [3.05, 3.63) is 28.5 Å². The Morgan fingerprint density at radius 3 is 3.15 bits per heavy atom. The van der Waals surface area contributed by atoms with E-state index in [1.165, 1.54) is 0 Å². The second-order valence-corrected chi connectivity index (χ2v) is 6.43. The van der Waals surface area contributed by atoms with Crippen molar-refractivity contribution in [3.8, 4) is 0 Å². The van der Waals surface area contributed by atoms with Crippen LogP contribution in [0.2, 0.25) is 0 Å². The number of rotatable bonds is 4. The number of hydrogen-bond acceptors (Lipinski definition) is 4. The molecule has 1 aromatic heterocycles. The number of carbonyl (C=O) groups is 1. The topological polar surface area (TPSA) is 71.5 Å². The van der Waals surface area contributed by atoms with Crippen LogP contribution in [0.1, 0.15) is 25.0 Å². The average molecular weight is 341 g/mol. The second-order valence-electron chi connectivity index (χ2n) is 5.51. The zero-order chi connectivity index (χ0) is 14.2. The summed E-state index contributed by atoms with van der Waals surface area (Å²) in [5, 5.41) is 12.4. The van der Waals surface area contributed by atoms with Gasteiger partial charge >= 0.3 is 5.97 Å². The van der Waals surface area contributed by atoms with Crippen LogP contribution in [0.4, 0.5) is 0 Å². The lowest BCUT2D eigenvalue weighted by Gasteiger charge is -2.40. The van der Waals surface area contributed by atoms with Gasteiger partial charge in [-0.15, -0.1) is 0 Å². The number of carboxylic acids is 1. The summed E-state index contributed by atoms with van der Waals surface area (Å²) in [7, 11) is 0. The Hall–Kier alpha value is -0.980. The van der Waals surface area contributed by atoms with E-state index in [4.69, 9.17) is 9.84 Å². The van der Waals surface area contributed by atoms with Crippen molar-refractivity contribution < 1.29 is 14.6 Å². The largest absolute Gasteiger partial charge is 0.480 e. The number of fused-ring (bicyclic) bond motifs is 2. The van der Waals surface area contributed by atoms with Crippen LogP contribution in [0.3, 0.4) is 0 Å². The predicted molar refractivity (Wildman–Crippen MR) is 76.3 cm³/mol. The summed E-state index contributed by atoms with van der Waals surface area (Å²) >= 11 is 3.38. The number of nitrogens with zero attached hydrogens (tertiary/aromatic N) is 1. The van der Waals surface area contributed by atoms with Crippen LogP contribution >= 0.6 is 15.9 Å². The Morgan fingerprint density at radius 1 is 1.60 bits per heavy atom. The first-order valence-electron chi connectivity index (χ1n) is 6.81. The first-order chi connectivity index (χ1) is 9.60. The van der Waals surface area contributed by atoms with Gasteiger partial charge < -0.3 is 15.2 Å². The molecule has 20 heavy (non-hydrogen) atoms. The number of hydrogen-bond donors (Lipinski definition) is 2. The van der Waals surface area contributed by atoms with Gasteiger partial charge in [-0.2, -0.15) is 0 Å². The minimum Gasteiger partial charge on any atom is -0.480 e. The normalized spacial score (nSPS) is 32.2. The molecule has 2 heterocycles. The summed E-state index contributed by atoms with van der Waals surface area (Å²) in [6, 6.07) is 4.41. The van der Waals surface area contributed by atoms with E-state index < -0.39 is 11.6 Å². The Bertz CT molecular complexity index is 508. The van der Waals surface area contributed by atoms with Crippen LogP contribution < -0.4 is 5.32 Å². The molecule has 6 heteroatoms. The molecule has 2 fully saturated rings. The Kier molecular flexibility index (Phi) is 3.79. The molecule has 0 radical (unpaired) electrons. The van der Waals surface area contributed by atoms with E-state index in [0.29, 0.717) is 6.04 Å². The minimum atomic E-state index is -0.936. The van der Waals surface area contributed by atoms with Crippen LogP contribution in [0.15, 0.2) is 22.8 Å². The molecule has 3 unspecified atom stereocenters. The zero-order valence-corrected chi connectivity index (χ0v) is 12.6. The molecule has 108 valence electrons. The van der Waals surface area contributed by atoms with E-state index in [0.717, 1.165) is 36.0 Å². The minimum absolute atomic E-state index is 0.279. The summed E-state index contributed by atoms with van der Waals surface area (Å²) in [6.07, 6.45) is 4.58. The zero-order valence-electron chi connectivity index (χ0n) is 11.0. The fraction of sp³-hybridized carbons (Fsp3) is 0.571. The molecule has 5 nitrogen and oxygen atoms in total. The number of aromatic nitrogens is 1. The number of halogens is 1. The van der Waals surface area contributed by atoms with Crippen molar-refractivity contribution in [3.63, 3.8) is 0 Å². The molecule has 1 saturated carbocycles. The molecule has 1 aromatic rings. The summed E-state index contributed by atoms with van der Waals surface area (Å²) in [4.78, 5) is 15.4. The second kappa shape index (κ2) is 5.42. The van der Waals surface area contributed by atoms with Gasteiger partial charge in [0.15, 0.2) is 0 Å². The smallest absolute Gasteiger partial charge is 0.329 e. The van der Waals surface area contributed by atoms with Gasteiger partial charge in [0.05, 0.1) is 5.69 Å². The predicted octanol–water partition coefficient (Wildman–Crippen LogP) is 1.91. The molecular weight excluding hydrogens is 324 g/mol. The lowest BCUT2D eigenvalue weighted by Crippen LogP contribution is -2.43. The highest BCUT2D eigenvalue weighted by Gasteiger charge is 2.50. The van der Waals surface area contributed by atoms with Crippen LogP contribution in [-0.2, 0) is 15.1 Å². The summed E-state index contributed by atoms with van der Waals surface area (Å²) < 4.78 is 6.78. The Balaban J connectivity index is 1.94. The lowest BCUT2D eigenvalue weighted by molar-refractivity contribution is -0.159. The van der Waals surface area contributed by atoms with E-state index in [2.05, 4.69) is 26.2 Å². The van der Waals surface area contributed by atoms with Crippen molar-refractivity contribution in [2.24, 2.45) is 5.92 Å². The summed E-state index contributed by atoms with van der Waals surface area (Å²) in [5.74, 6) is -0.649. The van der Waals surface area contributed by atoms with Crippen molar-refractivity contribution in [1.29, 1.82) is 0 Å². The van der Waals surface area contributed by atoms with Gasteiger partial charge in [-0.25, -0.2) is 4.79 Å². The van der Waals surface area contributed by atoms with Crippen LogP contribution in [-0.4, -0.2) is 35.3 Å². The first kappa shape index (κ1) is 14.0. The fourth-order valence-electron chi connectivity index (χ4n) is 3.40. The number of ether oxygens (including phenoxy) is 1. The van der Waals surface area contributed by atoms with Gasteiger partial charge in [0.1, 0.15) is 12.2 Å². The van der Waals surface area contributed by atoms with Crippen LogP contribution in [0, 0.1) is 5.92 Å². The maximum atomic E-state index is 10.9. The Labute approximate surface area is 125 Å². The molecule has 2 bridgehead atoms. The number of pyridine rings is 1. The fourth-order valence-corrected chi connectivity index (χ4v) is 3.64. The highest BCUT2D eigenvalue weighted by atomic mass is 79.9. The van der Waals surface area contributed by atoms with E-state index >= 15 is 0 Å². The lowest BCUT2D eigenvalue weighted by atomic mass is 9.74. The molecule has 2 aliphatic rings. The summed E-state index contributed by atoms with van der Waals surface area (Å²) in [6.45, 7) is 0.584. The molecule has 0 amide bonds. The molecule has 0 spiro atoms. The highest BCUT2D eigenvalue weighted by Crippen LogP contribution is 2.46. The monoisotopic (exact) mass is 340 g/mol. The number of carboxylic acid groups (broad SMARTS) is 1. The summed E-state index contributed by atoms with van der Waals surface area (Å²) in [5.41, 5.74) is 0.271. The molecule has 0 aromatic carbocycles. The molecular formula is C14H17BrN2O3. The van der Waals surface area contributed by atoms with Gasteiger partial charge in [0, 0.05) is 29.2 Å². The number of aliphatic carboxylic acids is 1. The van der Waals surface area contributed by atoms with Crippen molar-refractivity contribution in [2.75, 3.05) is 13.2 Å². The maximum absolute atomic E-state index is 10.9. The maximum Gasteiger partial charge on any atom is 0.329 e. The van der Waals surface area contributed by atoms with E-state index in [1.54, 1.807) is 6.20 Å². The molecule has 3 rings (SSSR count). The van der Waals surface area contributed by atoms with Gasteiger partial charge in [-0.3, -0.25) is 4.98 Å². The third-order valence-corrected chi connectivity index (χ3v) is 4.83. The van der Waals surface area contributed by atoms with Crippen molar-refractivity contribution in [1.82, 2.24) is 10.3 Å². The third-order valence-electron chi connectivity index (χ3n) is 4.36. The van der Waals surface area contributed by atoms with Gasteiger partial charge in [0.25, 0.3) is 0 Å². The van der Waals surface area contributed by atoms with E-state index in [9.17, 15) is 4.79 Å². The first-order valence-corrected chi connectivity index (χ1v) is 7.60. The average Bonchev–Trinajstić information content (AvgIpc) is 2.84. The third kappa shape index (κ3) is 2.47. The van der Waals surface area contributed by atoms with Gasteiger partial charge in [-0.05, 0) is 47.3 Å². The van der Waals surface area contributed by atoms with Crippen LogP contribution in [0.5, 0.6) is 0 Å². The molecule has 3 atom stereocenters. The molecule has 1 aliphatic carbocycles. The van der Waals surface area contributed by atoms with Crippen molar-refractivity contribution in [2.45, 2.75) is 30.9 Å². The van der Waals surface area contributed by atoms with E-state index in [1.807, 2.05) is 12.1 Å². The van der Waals surface area contributed by atoms with E-state index in [-0.39, 0.29) is 12.5 Å². The SMILES string of the molecule is O=C(O)COC1(c2ccc(Br)cn2)CCC2CC1CN2. The Morgan fingerprint density at radius 2 is 2.45 bits per heavy atom. The number of nitrogens with one attached hydrogen (secondary N) is 1. The van der Waals surface area contributed by atoms with Crippen molar-refractivity contribution >= 4 is 21.9 Å². The van der Waals surface area contributed by atoms with Gasteiger partial charge in [0.2, 0.25) is 0 Å². The standard InChI is InChI=1S/C14H17BrN2O3/c15-10-1-2-12(17-7-10)14(20-8-13(18)19)4-3-11-5-9(14)6-16-11/h1-2,7,9,11,16H,3-6,8H2,(H,18,19). The van der Waals surface area contributed by atoms with Crippen LogP contribution in [0.25, 0.3) is 0 Å². The molecule has 1 aliphatic heterocycles. The molecule has 2 N–H and O–H groups in total.